The Balaban J connectivity index is 2.26. The lowest BCUT2D eigenvalue weighted by molar-refractivity contribution is 0.148. The predicted octanol–water partition coefficient (Wildman–Crippen LogP) is 0.590. The molecule has 3 N–H and O–H groups in total. The van der Waals surface area contributed by atoms with E-state index in [9.17, 15) is 0 Å². The molecule has 0 radical (unpaired) electrons. The number of hydrogen-bond donors (Lipinski definition) is 2. The number of likely N-dealkylation sites (tertiary alicyclic amines) is 1. The third kappa shape index (κ3) is 4.39. The molecule has 1 rings (SSSR count). The molecule has 0 bridgehead atoms. The molecule has 4 heteroatoms. The van der Waals surface area contributed by atoms with Gasteiger partial charge in [0.2, 0.25) is 0 Å². The molecule has 100 valence electrons. The summed E-state index contributed by atoms with van der Waals surface area (Å²) in [4.78, 5) is 2.36. The Morgan fingerprint density at radius 3 is 2.82 bits per heavy atom. The van der Waals surface area contributed by atoms with Gasteiger partial charge in [-0.3, -0.25) is 0 Å². The Morgan fingerprint density at radius 1 is 1.65 bits per heavy atom. The standard InChI is InChI=1S/C13H27N3O/c1-11(2)8-17-6-5-15-13(9-14)7-12(3)16(4)10-13/h12,15H,1,5-10,14H2,2-4H3. The van der Waals surface area contributed by atoms with Gasteiger partial charge in [0.15, 0.2) is 0 Å². The molecule has 4 nitrogen and oxygen atoms in total. The average Bonchev–Trinajstić information content (AvgIpc) is 2.55. The maximum atomic E-state index is 5.91. The zero-order chi connectivity index (χ0) is 12.9. The Bertz CT molecular complexity index is 245. The number of nitrogens with two attached hydrogens (primary N) is 1. The van der Waals surface area contributed by atoms with Crippen LogP contribution in [0.15, 0.2) is 12.2 Å². The van der Waals surface area contributed by atoms with Gasteiger partial charge in [-0.05, 0) is 27.3 Å². The lowest BCUT2D eigenvalue weighted by Gasteiger charge is -2.29. The van der Waals surface area contributed by atoms with Crippen LogP contribution < -0.4 is 11.1 Å². The first kappa shape index (κ1) is 14.6. The van der Waals surface area contributed by atoms with E-state index in [1.165, 1.54) is 0 Å². The molecule has 1 fully saturated rings. The van der Waals surface area contributed by atoms with Gasteiger partial charge in [0.05, 0.1) is 13.2 Å². The molecule has 0 saturated carbocycles. The maximum absolute atomic E-state index is 5.91. The molecule has 0 aromatic carbocycles. The normalized spacial score (nSPS) is 29.8. The molecule has 0 spiro atoms. The van der Waals surface area contributed by atoms with Crippen molar-refractivity contribution in [2.75, 3.05) is 39.9 Å². The van der Waals surface area contributed by atoms with Gasteiger partial charge in [-0.1, -0.05) is 12.2 Å². The van der Waals surface area contributed by atoms with Crippen molar-refractivity contribution in [3.63, 3.8) is 0 Å². The highest BCUT2D eigenvalue weighted by atomic mass is 16.5. The fraction of sp³-hybridized carbons (Fsp3) is 0.846. The van der Waals surface area contributed by atoms with Crippen LogP contribution >= 0.6 is 0 Å². The van der Waals surface area contributed by atoms with Crippen molar-refractivity contribution in [2.24, 2.45) is 5.73 Å². The molecule has 1 saturated heterocycles. The third-order valence-electron chi connectivity index (χ3n) is 3.48. The van der Waals surface area contributed by atoms with E-state index in [0.717, 1.165) is 25.1 Å². The first-order valence-corrected chi connectivity index (χ1v) is 6.36. The monoisotopic (exact) mass is 241 g/mol. The van der Waals surface area contributed by atoms with Crippen LogP contribution in [0.3, 0.4) is 0 Å². The minimum absolute atomic E-state index is 0.0702. The Labute approximate surface area is 105 Å². The summed E-state index contributed by atoms with van der Waals surface area (Å²) in [6.45, 7) is 11.9. The van der Waals surface area contributed by atoms with Crippen molar-refractivity contribution in [2.45, 2.75) is 31.8 Å². The number of likely N-dealkylation sites (N-methyl/N-ethyl adjacent to an activating group) is 1. The minimum Gasteiger partial charge on any atom is -0.376 e. The average molecular weight is 241 g/mol. The fourth-order valence-electron chi connectivity index (χ4n) is 2.40. The second kappa shape index (κ2) is 6.50. The van der Waals surface area contributed by atoms with Gasteiger partial charge in [-0.15, -0.1) is 0 Å². The summed E-state index contributed by atoms with van der Waals surface area (Å²) in [5.41, 5.74) is 7.05. The molecular weight excluding hydrogens is 214 g/mol. The van der Waals surface area contributed by atoms with Gasteiger partial charge >= 0.3 is 0 Å². The number of ether oxygens (including phenoxy) is 1. The summed E-state index contributed by atoms with van der Waals surface area (Å²) in [5, 5.41) is 3.56. The molecule has 2 unspecified atom stereocenters. The van der Waals surface area contributed by atoms with Crippen LogP contribution in [0.4, 0.5) is 0 Å². The molecule has 1 aliphatic heterocycles. The lowest BCUT2D eigenvalue weighted by atomic mass is 9.96. The predicted molar refractivity (Wildman–Crippen MR) is 72.1 cm³/mol. The van der Waals surface area contributed by atoms with Crippen LogP contribution in [-0.2, 0) is 4.74 Å². The van der Waals surface area contributed by atoms with Crippen molar-refractivity contribution in [1.82, 2.24) is 10.2 Å². The van der Waals surface area contributed by atoms with Crippen molar-refractivity contribution in [3.05, 3.63) is 12.2 Å². The van der Waals surface area contributed by atoms with E-state index in [2.05, 4.69) is 30.8 Å². The van der Waals surface area contributed by atoms with E-state index in [0.29, 0.717) is 25.8 Å². The SMILES string of the molecule is C=C(C)COCCNC1(CN)CC(C)N(C)C1. The zero-order valence-corrected chi connectivity index (χ0v) is 11.5. The smallest absolute Gasteiger partial charge is 0.0672 e. The lowest BCUT2D eigenvalue weighted by Crippen LogP contribution is -2.53. The summed E-state index contributed by atoms with van der Waals surface area (Å²) in [6.07, 6.45) is 1.11. The summed E-state index contributed by atoms with van der Waals surface area (Å²) in [7, 11) is 2.15. The highest BCUT2D eigenvalue weighted by Crippen LogP contribution is 2.24. The van der Waals surface area contributed by atoms with Crippen molar-refractivity contribution >= 4 is 0 Å². The van der Waals surface area contributed by atoms with E-state index in [-0.39, 0.29) is 5.54 Å². The van der Waals surface area contributed by atoms with E-state index < -0.39 is 0 Å². The Hall–Kier alpha value is -0.420. The summed E-state index contributed by atoms with van der Waals surface area (Å²) < 4.78 is 5.48. The van der Waals surface area contributed by atoms with Crippen LogP contribution in [0.2, 0.25) is 0 Å². The minimum atomic E-state index is 0.0702. The van der Waals surface area contributed by atoms with Crippen molar-refractivity contribution in [1.29, 1.82) is 0 Å². The molecular formula is C13H27N3O. The number of hydrogen-bond acceptors (Lipinski definition) is 4. The van der Waals surface area contributed by atoms with Gasteiger partial charge in [-0.25, -0.2) is 0 Å². The van der Waals surface area contributed by atoms with E-state index in [1.807, 2.05) is 6.92 Å². The number of nitrogens with zero attached hydrogens (tertiary/aromatic N) is 1. The highest BCUT2D eigenvalue weighted by Gasteiger charge is 2.38. The molecule has 0 aromatic rings. The van der Waals surface area contributed by atoms with Crippen molar-refractivity contribution < 1.29 is 4.74 Å². The maximum Gasteiger partial charge on any atom is 0.0672 e. The van der Waals surface area contributed by atoms with Gasteiger partial charge < -0.3 is 20.7 Å². The van der Waals surface area contributed by atoms with Crippen LogP contribution in [0.1, 0.15) is 20.3 Å². The van der Waals surface area contributed by atoms with Crippen LogP contribution in [-0.4, -0.2) is 56.4 Å². The molecule has 0 aromatic heterocycles. The third-order valence-corrected chi connectivity index (χ3v) is 3.48. The molecule has 1 heterocycles. The second-order valence-corrected chi connectivity index (χ2v) is 5.39. The summed E-state index contributed by atoms with van der Waals surface area (Å²) >= 11 is 0. The molecule has 1 aliphatic rings. The fourth-order valence-corrected chi connectivity index (χ4v) is 2.40. The number of nitrogens with one attached hydrogen (secondary N) is 1. The Morgan fingerprint density at radius 2 is 2.35 bits per heavy atom. The molecule has 0 amide bonds. The Kier molecular flexibility index (Phi) is 5.59. The van der Waals surface area contributed by atoms with E-state index >= 15 is 0 Å². The zero-order valence-electron chi connectivity index (χ0n) is 11.5. The van der Waals surface area contributed by atoms with E-state index in [1.54, 1.807) is 0 Å². The first-order chi connectivity index (χ1) is 7.99. The molecule has 0 aliphatic carbocycles. The number of rotatable bonds is 7. The first-order valence-electron chi connectivity index (χ1n) is 6.36. The largest absolute Gasteiger partial charge is 0.376 e. The van der Waals surface area contributed by atoms with Crippen LogP contribution in [0.5, 0.6) is 0 Å². The quantitative estimate of drug-likeness (QED) is 0.506. The van der Waals surface area contributed by atoms with Gasteiger partial charge in [-0.2, -0.15) is 0 Å². The van der Waals surface area contributed by atoms with Gasteiger partial charge in [0.1, 0.15) is 0 Å². The van der Waals surface area contributed by atoms with Crippen LogP contribution in [0.25, 0.3) is 0 Å². The van der Waals surface area contributed by atoms with Crippen molar-refractivity contribution in [3.8, 4) is 0 Å². The molecule has 17 heavy (non-hydrogen) atoms. The molecule has 2 atom stereocenters. The highest BCUT2D eigenvalue weighted by molar-refractivity contribution is 5.00. The summed E-state index contributed by atoms with van der Waals surface area (Å²) in [5.74, 6) is 0. The van der Waals surface area contributed by atoms with Crippen LogP contribution in [0, 0.1) is 0 Å². The van der Waals surface area contributed by atoms with Gasteiger partial charge in [0, 0.05) is 31.2 Å². The topological polar surface area (TPSA) is 50.5 Å². The van der Waals surface area contributed by atoms with Gasteiger partial charge in [0.25, 0.3) is 0 Å². The van der Waals surface area contributed by atoms with E-state index in [4.69, 9.17) is 10.5 Å². The second-order valence-electron chi connectivity index (χ2n) is 5.39. The summed E-state index contributed by atoms with van der Waals surface area (Å²) in [6, 6.07) is 0.599.